The van der Waals surface area contributed by atoms with E-state index in [1.54, 1.807) is 19.1 Å². The predicted molar refractivity (Wildman–Crippen MR) is 135 cm³/mol. The highest BCUT2D eigenvalue weighted by Crippen LogP contribution is 2.43. The molecule has 2 N–H and O–H groups in total. The fourth-order valence-corrected chi connectivity index (χ4v) is 4.74. The van der Waals surface area contributed by atoms with Crippen molar-refractivity contribution >= 4 is 27.8 Å². The van der Waals surface area contributed by atoms with Gasteiger partial charge in [-0.25, -0.2) is 9.18 Å². The topological polar surface area (TPSA) is 93.6 Å². The lowest BCUT2D eigenvalue weighted by atomic mass is 9.92. The summed E-state index contributed by atoms with van der Waals surface area (Å²) >= 11 is 0. The van der Waals surface area contributed by atoms with Crippen LogP contribution in [0.15, 0.2) is 39.7 Å². The highest BCUT2D eigenvalue weighted by molar-refractivity contribution is 5.92. The van der Waals surface area contributed by atoms with E-state index in [0.29, 0.717) is 47.4 Å². The maximum Gasteiger partial charge on any atom is 0.339 e. The first-order valence-electron chi connectivity index (χ1n) is 12.1. The minimum absolute atomic E-state index is 0.211. The van der Waals surface area contributed by atoms with Crippen molar-refractivity contribution < 1.29 is 23.1 Å². The Hall–Kier alpha value is -3.81. The summed E-state index contributed by atoms with van der Waals surface area (Å²) in [6.07, 6.45) is 3.87. The van der Waals surface area contributed by atoms with Crippen LogP contribution >= 0.6 is 0 Å². The van der Waals surface area contributed by atoms with Gasteiger partial charge in [0, 0.05) is 40.8 Å². The summed E-state index contributed by atoms with van der Waals surface area (Å²) in [5.41, 5.74) is 3.59. The van der Waals surface area contributed by atoms with Crippen LogP contribution in [0.5, 0.6) is 11.5 Å². The van der Waals surface area contributed by atoms with E-state index < -0.39 is 0 Å². The van der Waals surface area contributed by atoms with Crippen LogP contribution in [-0.4, -0.2) is 29.6 Å². The number of halogens is 1. The molecule has 0 radical (unpaired) electrons. The van der Waals surface area contributed by atoms with Crippen molar-refractivity contribution in [3.8, 4) is 11.5 Å². The first kappa shape index (κ1) is 23.9. The van der Waals surface area contributed by atoms with E-state index >= 15 is 0 Å². The molecule has 1 aliphatic heterocycles. The molecule has 0 bridgehead atoms. The molecule has 5 rings (SSSR count). The number of aromatic amines is 1. The van der Waals surface area contributed by atoms with Crippen molar-refractivity contribution in [3.05, 3.63) is 69.0 Å². The summed E-state index contributed by atoms with van der Waals surface area (Å²) in [4.78, 5) is 28.1. The number of aryl methyl sites for hydroxylation is 2. The molecule has 1 aliphatic rings. The second-order valence-corrected chi connectivity index (χ2v) is 9.95. The molecule has 0 atom stereocenters. The fourth-order valence-electron chi connectivity index (χ4n) is 4.74. The molecule has 36 heavy (non-hydrogen) atoms. The third-order valence-corrected chi connectivity index (χ3v) is 6.91. The minimum atomic E-state index is -0.390. The van der Waals surface area contributed by atoms with E-state index in [-0.39, 0.29) is 29.6 Å². The van der Waals surface area contributed by atoms with Crippen molar-refractivity contribution in [2.45, 2.75) is 52.6 Å². The average Bonchev–Trinajstić information content (AvgIpc) is 3.22. The maximum atomic E-state index is 13.6. The smallest absolute Gasteiger partial charge is 0.339 e. The molecule has 0 fully saturated rings. The van der Waals surface area contributed by atoms with Gasteiger partial charge in [0.15, 0.2) is 6.61 Å². The van der Waals surface area contributed by atoms with Gasteiger partial charge in [-0.05, 0) is 76.3 Å². The van der Waals surface area contributed by atoms with Crippen LogP contribution in [0.25, 0.3) is 21.9 Å². The number of benzene rings is 2. The Kier molecular flexibility index (Phi) is 5.98. The van der Waals surface area contributed by atoms with E-state index in [2.05, 4.69) is 10.3 Å². The molecule has 0 spiro atoms. The number of fused-ring (bicyclic) bond motifs is 4. The lowest BCUT2D eigenvalue weighted by molar-refractivity contribution is -0.123. The number of rotatable bonds is 6. The second kappa shape index (κ2) is 9.00. The van der Waals surface area contributed by atoms with Crippen LogP contribution in [-0.2, 0) is 17.6 Å². The zero-order valence-corrected chi connectivity index (χ0v) is 20.8. The van der Waals surface area contributed by atoms with Crippen LogP contribution in [0.4, 0.5) is 4.39 Å². The van der Waals surface area contributed by atoms with Gasteiger partial charge in [-0.1, -0.05) is 0 Å². The van der Waals surface area contributed by atoms with Gasteiger partial charge in [-0.2, -0.15) is 0 Å². The highest BCUT2D eigenvalue weighted by Gasteiger charge is 2.31. The van der Waals surface area contributed by atoms with Crippen molar-refractivity contribution in [1.82, 2.24) is 10.3 Å². The summed E-state index contributed by atoms with van der Waals surface area (Å²) in [5.74, 6) is 0.451. The number of hydrogen-bond donors (Lipinski definition) is 2. The minimum Gasteiger partial charge on any atom is -0.487 e. The Bertz CT molecular complexity index is 1550. The fraction of sp³-hybridized carbons (Fsp3) is 0.357. The molecule has 2 aromatic carbocycles. The van der Waals surface area contributed by atoms with E-state index in [1.807, 2.05) is 27.0 Å². The third-order valence-electron chi connectivity index (χ3n) is 6.91. The molecule has 7 nitrogen and oxygen atoms in total. The average molecular weight is 493 g/mol. The summed E-state index contributed by atoms with van der Waals surface area (Å²) in [5, 5.41) is 4.34. The third kappa shape index (κ3) is 4.43. The molecule has 0 saturated heterocycles. The molecule has 3 heterocycles. The summed E-state index contributed by atoms with van der Waals surface area (Å²) < 4.78 is 31.4. The maximum absolute atomic E-state index is 13.6. The van der Waals surface area contributed by atoms with Gasteiger partial charge in [0.1, 0.15) is 28.5 Å². The van der Waals surface area contributed by atoms with E-state index in [9.17, 15) is 14.0 Å². The summed E-state index contributed by atoms with van der Waals surface area (Å²) in [7, 11) is 0. The van der Waals surface area contributed by atoms with E-state index in [1.165, 1.54) is 12.1 Å². The Balaban J connectivity index is 1.33. The lowest BCUT2D eigenvalue weighted by Gasteiger charge is -2.33. The number of carbonyl (C=O) groups is 1. The standard InChI is InChI=1S/C28H29FN2O5/c1-15-16(2)27(33)35-26-19-7-9-28(3,4)36-22(19)12-23(25(15)26)34-14-24(32)30-10-8-17-13-31-21-6-5-18(29)11-20(17)21/h5-6,11-13,31H,7-10,14H2,1-4H3,(H,30,32). The first-order chi connectivity index (χ1) is 17.1. The van der Waals surface area contributed by atoms with Crippen LogP contribution in [0.2, 0.25) is 0 Å². The molecular weight excluding hydrogens is 463 g/mol. The summed E-state index contributed by atoms with van der Waals surface area (Å²) in [6.45, 7) is 7.75. The number of hydrogen-bond acceptors (Lipinski definition) is 5. The molecular formula is C28H29FN2O5. The number of aromatic nitrogens is 1. The first-order valence-corrected chi connectivity index (χ1v) is 12.1. The molecule has 0 aliphatic carbocycles. The molecule has 4 aromatic rings. The molecule has 0 unspecified atom stereocenters. The van der Waals surface area contributed by atoms with Crippen LogP contribution in [0.1, 0.15) is 42.5 Å². The Morgan fingerprint density at radius 1 is 1.22 bits per heavy atom. The van der Waals surface area contributed by atoms with Gasteiger partial charge >= 0.3 is 5.63 Å². The van der Waals surface area contributed by atoms with Crippen molar-refractivity contribution in [1.29, 1.82) is 0 Å². The summed E-state index contributed by atoms with van der Waals surface area (Å²) in [6, 6.07) is 6.38. The SMILES string of the molecule is Cc1c(C)c2c(OCC(=O)NCCc3c[nH]c4ccc(F)cc34)cc3c(c2oc1=O)CCC(C)(C)O3. The second-order valence-electron chi connectivity index (χ2n) is 9.95. The quantitative estimate of drug-likeness (QED) is 0.375. The number of H-pyrrole nitrogens is 1. The Labute approximate surface area is 207 Å². The number of amides is 1. The van der Waals surface area contributed by atoms with E-state index in [4.69, 9.17) is 13.9 Å². The van der Waals surface area contributed by atoms with Crippen LogP contribution in [0.3, 0.4) is 0 Å². The zero-order chi connectivity index (χ0) is 25.6. The van der Waals surface area contributed by atoms with Gasteiger partial charge < -0.3 is 24.2 Å². The molecule has 8 heteroatoms. The normalized spacial score (nSPS) is 14.5. The van der Waals surface area contributed by atoms with Crippen molar-refractivity contribution in [2.75, 3.05) is 13.2 Å². The highest BCUT2D eigenvalue weighted by atomic mass is 19.1. The van der Waals surface area contributed by atoms with Gasteiger partial charge in [0.25, 0.3) is 5.91 Å². The number of carbonyl (C=O) groups excluding carboxylic acids is 1. The van der Waals surface area contributed by atoms with E-state index in [0.717, 1.165) is 34.0 Å². The number of ether oxygens (including phenoxy) is 2. The predicted octanol–water partition coefficient (Wildman–Crippen LogP) is 4.87. The zero-order valence-electron chi connectivity index (χ0n) is 20.8. The van der Waals surface area contributed by atoms with Gasteiger partial charge in [-0.15, -0.1) is 0 Å². The lowest BCUT2D eigenvalue weighted by Crippen LogP contribution is -2.33. The molecule has 0 saturated carbocycles. The monoisotopic (exact) mass is 492 g/mol. The Morgan fingerprint density at radius 2 is 2.03 bits per heavy atom. The molecule has 2 aromatic heterocycles. The van der Waals surface area contributed by atoms with Crippen LogP contribution < -0.4 is 20.4 Å². The molecule has 1 amide bonds. The van der Waals surface area contributed by atoms with Gasteiger partial charge in [0.2, 0.25) is 0 Å². The number of nitrogens with one attached hydrogen (secondary N) is 2. The molecule has 188 valence electrons. The van der Waals surface area contributed by atoms with Crippen molar-refractivity contribution in [2.24, 2.45) is 0 Å². The Morgan fingerprint density at radius 3 is 2.83 bits per heavy atom. The van der Waals surface area contributed by atoms with Gasteiger partial charge in [-0.3, -0.25) is 4.79 Å². The van der Waals surface area contributed by atoms with Gasteiger partial charge in [0.05, 0.1) is 5.39 Å². The van der Waals surface area contributed by atoms with Crippen LogP contribution in [0, 0.1) is 19.7 Å². The van der Waals surface area contributed by atoms with Crippen molar-refractivity contribution in [3.63, 3.8) is 0 Å². The largest absolute Gasteiger partial charge is 0.487 e.